The van der Waals surface area contributed by atoms with Crippen molar-refractivity contribution in [3.8, 4) is 5.69 Å². The molecule has 33 heavy (non-hydrogen) atoms. The van der Waals surface area contributed by atoms with Gasteiger partial charge in [0.2, 0.25) is 0 Å². The monoisotopic (exact) mass is 485 g/mol. The maximum Gasteiger partial charge on any atom is 0.261 e. The van der Waals surface area contributed by atoms with E-state index in [1.165, 1.54) is 22.0 Å². The standard InChI is InChI=1S/C24H24ClN3O4S/c1-2-32-17-13-18(19(14-17)27-24(31)20-10-11-21(25)33-20)26-23(30)15-6-8-16(9-7-15)28-12-4-3-5-22(28)29/h3-12,17-19H,2,13-14H2,1H3,(H,26,30)(H,27,31)/t17-,18-,19-/m1/s1. The maximum absolute atomic E-state index is 12.9. The molecule has 4 rings (SSSR count). The van der Waals surface area contributed by atoms with Crippen LogP contribution in [0.1, 0.15) is 39.8 Å². The molecule has 2 amide bonds. The molecule has 0 spiro atoms. The van der Waals surface area contributed by atoms with Crippen LogP contribution in [-0.4, -0.2) is 41.2 Å². The first-order valence-electron chi connectivity index (χ1n) is 10.7. The highest BCUT2D eigenvalue weighted by Crippen LogP contribution is 2.26. The number of carbonyl (C=O) groups is 2. The number of halogens is 1. The second-order valence-electron chi connectivity index (χ2n) is 7.77. The van der Waals surface area contributed by atoms with E-state index >= 15 is 0 Å². The third-order valence-corrected chi connectivity index (χ3v) is 6.81. The van der Waals surface area contributed by atoms with Crippen molar-refractivity contribution in [2.75, 3.05) is 6.61 Å². The molecule has 9 heteroatoms. The van der Waals surface area contributed by atoms with Gasteiger partial charge in [-0.1, -0.05) is 17.7 Å². The second-order valence-corrected chi connectivity index (χ2v) is 9.48. The average Bonchev–Trinajstić information content (AvgIpc) is 3.40. The van der Waals surface area contributed by atoms with E-state index in [1.54, 1.807) is 54.7 Å². The fourth-order valence-electron chi connectivity index (χ4n) is 4.02. The number of ether oxygens (including phenoxy) is 1. The number of rotatable bonds is 7. The Kier molecular flexibility index (Phi) is 7.27. The summed E-state index contributed by atoms with van der Waals surface area (Å²) in [6, 6.07) is 14.6. The molecule has 172 valence electrons. The van der Waals surface area contributed by atoms with Gasteiger partial charge in [-0.05, 0) is 62.2 Å². The summed E-state index contributed by atoms with van der Waals surface area (Å²) in [5, 5.41) is 6.06. The average molecular weight is 486 g/mol. The number of thiophene rings is 1. The zero-order chi connectivity index (χ0) is 23.4. The minimum Gasteiger partial charge on any atom is -0.378 e. The van der Waals surface area contributed by atoms with E-state index in [4.69, 9.17) is 16.3 Å². The zero-order valence-electron chi connectivity index (χ0n) is 18.0. The normalized spacial score (nSPS) is 19.9. The van der Waals surface area contributed by atoms with E-state index in [0.717, 1.165) is 0 Å². The van der Waals surface area contributed by atoms with Crippen LogP contribution in [-0.2, 0) is 4.74 Å². The number of nitrogens with one attached hydrogen (secondary N) is 2. The molecule has 0 bridgehead atoms. The molecule has 1 saturated carbocycles. The molecule has 0 aliphatic heterocycles. The molecule has 0 radical (unpaired) electrons. The Balaban J connectivity index is 1.45. The van der Waals surface area contributed by atoms with Gasteiger partial charge in [0.05, 0.1) is 27.4 Å². The molecule has 3 aromatic rings. The molecule has 3 atom stereocenters. The fourth-order valence-corrected chi connectivity index (χ4v) is 4.97. The third kappa shape index (κ3) is 5.52. The van der Waals surface area contributed by atoms with Gasteiger partial charge in [-0.2, -0.15) is 0 Å². The Morgan fingerprint density at radius 3 is 2.33 bits per heavy atom. The summed E-state index contributed by atoms with van der Waals surface area (Å²) in [7, 11) is 0. The van der Waals surface area contributed by atoms with Crippen LogP contribution < -0.4 is 16.2 Å². The van der Waals surface area contributed by atoms with Crippen molar-refractivity contribution >= 4 is 34.8 Å². The molecule has 1 aliphatic carbocycles. The van der Waals surface area contributed by atoms with Crippen LogP contribution in [0.15, 0.2) is 65.6 Å². The summed E-state index contributed by atoms with van der Waals surface area (Å²) >= 11 is 7.17. The largest absolute Gasteiger partial charge is 0.378 e. The highest BCUT2D eigenvalue weighted by Gasteiger charge is 2.37. The van der Waals surface area contributed by atoms with Crippen molar-refractivity contribution < 1.29 is 14.3 Å². The van der Waals surface area contributed by atoms with Crippen LogP contribution in [0.2, 0.25) is 4.34 Å². The van der Waals surface area contributed by atoms with Crippen LogP contribution in [0, 0.1) is 0 Å². The van der Waals surface area contributed by atoms with E-state index in [2.05, 4.69) is 10.6 Å². The minimum absolute atomic E-state index is 0.0511. The molecule has 2 N–H and O–H groups in total. The fraction of sp³-hybridized carbons (Fsp3) is 0.292. The number of aromatic nitrogens is 1. The number of pyridine rings is 1. The molecule has 7 nitrogen and oxygen atoms in total. The second kappa shape index (κ2) is 10.3. The maximum atomic E-state index is 12.9. The lowest BCUT2D eigenvalue weighted by molar-refractivity contribution is 0.0647. The number of hydrogen-bond donors (Lipinski definition) is 2. The summed E-state index contributed by atoms with van der Waals surface area (Å²) in [5.41, 5.74) is 1.00. The molecule has 1 fully saturated rings. The Bertz CT molecular complexity index is 1190. The lowest BCUT2D eigenvalue weighted by Gasteiger charge is -2.21. The predicted molar refractivity (Wildman–Crippen MR) is 129 cm³/mol. The first kappa shape index (κ1) is 23.2. The van der Waals surface area contributed by atoms with Gasteiger partial charge >= 0.3 is 0 Å². The van der Waals surface area contributed by atoms with Gasteiger partial charge in [0, 0.05) is 30.1 Å². The van der Waals surface area contributed by atoms with Crippen molar-refractivity contribution in [2.24, 2.45) is 0 Å². The molecule has 1 aromatic carbocycles. The Labute approximate surface area is 200 Å². The number of hydrogen-bond acceptors (Lipinski definition) is 5. The SMILES string of the molecule is CCO[C@@H]1C[C@@H](NC(=O)c2ccc(-n3ccccc3=O)cc2)[C@H](NC(=O)c2ccc(Cl)s2)C1. The van der Waals surface area contributed by atoms with Crippen LogP contribution in [0.4, 0.5) is 0 Å². The molecule has 1 aliphatic rings. The van der Waals surface area contributed by atoms with Gasteiger partial charge < -0.3 is 15.4 Å². The number of amides is 2. The first-order valence-corrected chi connectivity index (χ1v) is 11.9. The Morgan fingerprint density at radius 2 is 1.73 bits per heavy atom. The van der Waals surface area contributed by atoms with Gasteiger partial charge in [0.25, 0.3) is 17.4 Å². The smallest absolute Gasteiger partial charge is 0.261 e. The van der Waals surface area contributed by atoms with Crippen molar-refractivity contribution in [2.45, 2.75) is 38.0 Å². The van der Waals surface area contributed by atoms with Gasteiger partial charge in [0.1, 0.15) is 0 Å². The van der Waals surface area contributed by atoms with Gasteiger partial charge in [-0.15, -0.1) is 11.3 Å². The molecule has 0 unspecified atom stereocenters. The number of carbonyl (C=O) groups excluding carboxylic acids is 2. The quantitative estimate of drug-likeness (QED) is 0.534. The third-order valence-electron chi connectivity index (χ3n) is 5.58. The van der Waals surface area contributed by atoms with Gasteiger partial charge in [-0.3, -0.25) is 19.0 Å². The molecule has 2 aromatic heterocycles. The van der Waals surface area contributed by atoms with Gasteiger partial charge in [-0.25, -0.2) is 0 Å². The lowest BCUT2D eigenvalue weighted by Crippen LogP contribution is -2.48. The summed E-state index contributed by atoms with van der Waals surface area (Å²) < 4.78 is 7.82. The molecular weight excluding hydrogens is 462 g/mol. The molecular formula is C24H24ClN3O4S. The van der Waals surface area contributed by atoms with Crippen molar-refractivity contribution in [3.63, 3.8) is 0 Å². The van der Waals surface area contributed by atoms with Crippen LogP contribution in [0.3, 0.4) is 0 Å². The topological polar surface area (TPSA) is 89.4 Å². The first-order chi connectivity index (χ1) is 15.9. The molecule has 0 saturated heterocycles. The lowest BCUT2D eigenvalue weighted by atomic mass is 10.1. The van der Waals surface area contributed by atoms with E-state index < -0.39 is 0 Å². The number of nitrogens with zero attached hydrogens (tertiary/aromatic N) is 1. The van der Waals surface area contributed by atoms with Crippen LogP contribution in [0.5, 0.6) is 0 Å². The summed E-state index contributed by atoms with van der Waals surface area (Å²) in [4.78, 5) is 38.1. The van der Waals surface area contributed by atoms with E-state index in [1.807, 2.05) is 6.92 Å². The van der Waals surface area contributed by atoms with Crippen molar-refractivity contribution in [3.05, 3.63) is 85.9 Å². The number of benzene rings is 1. The minimum atomic E-state index is -0.273. The Morgan fingerprint density at radius 1 is 1.03 bits per heavy atom. The predicted octanol–water partition coefficient (Wildman–Crippen LogP) is 3.65. The Hall–Kier alpha value is -2.94. The van der Waals surface area contributed by atoms with Crippen LogP contribution in [0.25, 0.3) is 5.69 Å². The van der Waals surface area contributed by atoms with Crippen LogP contribution >= 0.6 is 22.9 Å². The zero-order valence-corrected chi connectivity index (χ0v) is 19.6. The molecule has 2 heterocycles. The van der Waals surface area contributed by atoms with Crippen molar-refractivity contribution in [1.82, 2.24) is 15.2 Å². The summed E-state index contributed by atoms with van der Waals surface area (Å²) in [5.74, 6) is -0.464. The van der Waals surface area contributed by atoms with E-state index in [9.17, 15) is 14.4 Å². The highest BCUT2D eigenvalue weighted by molar-refractivity contribution is 7.18. The van der Waals surface area contributed by atoms with Gasteiger partial charge in [0.15, 0.2) is 0 Å². The summed E-state index contributed by atoms with van der Waals surface area (Å²) in [6.07, 6.45) is 2.84. The van der Waals surface area contributed by atoms with E-state index in [-0.39, 0.29) is 35.6 Å². The van der Waals surface area contributed by atoms with E-state index in [0.29, 0.717) is 39.9 Å². The van der Waals surface area contributed by atoms with Crippen molar-refractivity contribution in [1.29, 1.82) is 0 Å². The summed E-state index contributed by atoms with van der Waals surface area (Å²) in [6.45, 7) is 2.49. The highest BCUT2D eigenvalue weighted by atomic mass is 35.5.